The Morgan fingerprint density at radius 1 is 1.67 bits per heavy atom. The smallest absolute Gasteiger partial charge is 0.0460 e. The van der Waals surface area contributed by atoms with Crippen LogP contribution >= 0.6 is 0 Å². The van der Waals surface area contributed by atoms with Gasteiger partial charge in [-0.3, -0.25) is 0 Å². The van der Waals surface area contributed by atoms with Crippen molar-refractivity contribution in [2.45, 2.75) is 19.8 Å². The average molecular weight is 126 g/mol. The number of hydrogen-bond donors (Lipinski definition) is 0. The second kappa shape index (κ2) is 2.26. The van der Waals surface area contributed by atoms with Gasteiger partial charge in [-0.25, -0.2) is 0 Å². The van der Waals surface area contributed by atoms with E-state index >= 15 is 0 Å². The summed E-state index contributed by atoms with van der Waals surface area (Å²) in [6.07, 6.45) is 3.28. The molecule has 0 aromatic carbocycles. The van der Waals surface area contributed by atoms with E-state index in [1.54, 1.807) is 12.4 Å². The normalized spacial score (nSPS) is 17.0. The van der Waals surface area contributed by atoms with Gasteiger partial charge in [-0.05, 0) is 17.5 Å². The molecule has 0 bridgehead atoms. The molecular weight excluding hydrogens is 110 g/mol. The SMILES string of the molecule is [2H]C([2H])([2H])n1ccc(C(C)C)c1. The Morgan fingerprint density at radius 2 is 2.44 bits per heavy atom. The van der Waals surface area contributed by atoms with Crippen molar-refractivity contribution in [3.63, 3.8) is 0 Å². The Balaban J connectivity index is 2.92. The van der Waals surface area contributed by atoms with Gasteiger partial charge in [0.2, 0.25) is 0 Å². The molecule has 0 N–H and O–H groups in total. The van der Waals surface area contributed by atoms with Crippen molar-refractivity contribution < 1.29 is 4.11 Å². The molecule has 1 heteroatoms. The number of hydrogen-bond acceptors (Lipinski definition) is 0. The quantitative estimate of drug-likeness (QED) is 0.543. The minimum Gasteiger partial charge on any atom is -0.357 e. The molecule has 0 unspecified atom stereocenters. The predicted molar refractivity (Wildman–Crippen MR) is 39.5 cm³/mol. The van der Waals surface area contributed by atoms with E-state index < -0.39 is 6.98 Å². The maximum absolute atomic E-state index is 7.12. The lowest BCUT2D eigenvalue weighted by molar-refractivity contribution is 0.849. The van der Waals surface area contributed by atoms with Crippen LogP contribution in [0.1, 0.15) is 29.4 Å². The van der Waals surface area contributed by atoms with E-state index in [-0.39, 0.29) is 0 Å². The molecule has 0 amide bonds. The Labute approximate surface area is 60.5 Å². The summed E-state index contributed by atoms with van der Waals surface area (Å²) < 4.78 is 22.6. The van der Waals surface area contributed by atoms with Crippen molar-refractivity contribution in [1.82, 2.24) is 4.57 Å². The standard InChI is InChI=1S/C8H13N/c1-7(2)8-4-5-9(3)6-8/h4-7H,1-3H3/i3D3. The van der Waals surface area contributed by atoms with Gasteiger partial charge < -0.3 is 4.57 Å². The summed E-state index contributed by atoms with van der Waals surface area (Å²) in [5.41, 5.74) is 1.06. The van der Waals surface area contributed by atoms with Crippen molar-refractivity contribution in [3.05, 3.63) is 24.0 Å². The zero-order valence-corrected chi connectivity index (χ0v) is 5.76. The van der Waals surface area contributed by atoms with Gasteiger partial charge >= 0.3 is 0 Å². The van der Waals surface area contributed by atoms with Crippen LogP contribution in [0.25, 0.3) is 0 Å². The monoisotopic (exact) mass is 126 g/mol. The van der Waals surface area contributed by atoms with Gasteiger partial charge in [0, 0.05) is 23.5 Å². The molecule has 0 radical (unpaired) electrons. The van der Waals surface area contributed by atoms with Crippen LogP contribution in [0.5, 0.6) is 0 Å². The molecule has 1 aromatic rings. The van der Waals surface area contributed by atoms with Crippen molar-refractivity contribution in [1.29, 1.82) is 0 Å². The van der Waals surface area contributed by atoms with Crippen LogP contribution in [0.3, 0.4) is 0 Å². The Morgan fingerprint density at radius 3 is 2.78 bits per heavy atom. The summed E-state index contributed by atoms with van der Waals surface area (Å²) in [5, 5.41) is 0. The predicted octanol–water partition coefficient (Wildman–Crippen LogP) is 2.15. The summed E-state index contributed by atoms with van der Waals surface area (Å²) in [6.45, 7) is 2.05. The first-order valence-corrected chi connectivity index (χ1v) is 3.09. The second-order valence-corrected chi connectivity index (χ2v) is 2.51. The summed E-state index contributed by atoms with van der Waals surface area (Å²) in [7, 11) is 0. The Kier molecular flexibility index (Phi) is 0.865. The maximum Gasteiger partial charge on any atom is 0.0460 e. The van der Waals surface area contributed by atoms with Gasteiger partial charge in [0.05, 0.1) is 0 Å². The fourth-order valence-corrected chi connectivity index (χ4v) is 0.755. The molecule has 0 aliphatic carbocycles. The van der Waals surface area contributed by atoms with Crippen molar-refractivity contribution in [2.75, 3.05) is 0 Å². The first-order chi connectivity index (χ1) is 5.41. The molecule has 1 aromatic heterocycles. The van der Waals surface area contributed by atoms with E-state index in [1.807, 2.05) is 19.9 Å². The molecule has 1 nitrogen and oxygen atoms in total. The Hall–Kier alpha value is -0.720. The fourth-order valence-electron chi connectivity index (χ4n) is 0.755. The largest absolute Gasteiger partial charge is 0.357 e. The molecule has 0 aliphatic heterocycles. The first-order valence-electron chi connectivity index (χ1n) is 4.59. The molecule has 1 rings (SSSR count). The van der Waals surface area contributed by atoms with Crippen molar-refractivity contribution in [2.24, 2.45) is 6.98 Å². The number of rotatable bonds is 1. The topological polar surface area (TPSA) is 4.93 Å². The lowest BCUT2D eigenvalue weighted by Gasteiger charge is -1.97. The summed E-state index contributed by atoms with van der Waals surface area (Å²) in [4.78, 5) is 0. The third kappa shape index (κ3) is 1.35. The van der Waals surface area contributed by atoms with Gasteiger partial charge in [-0.2, -0.15) is 0 Å². The first kappa shape index (κ1) is 3.45. The lowest BCUT2D eigenvalue weighted by atomic mass is 10.1. The maximum atomic E-state index is 7.12. The third-order valence-corrected chi connectivity index (χ3v) is 1.38. The fraction of sp³-hybridized carbons (Fsp3) is 0.500. The average Bonchev–Trinajstić information content (AvgIpc) is 2.30. The van der Waals surface area contributed by atoms with Crippen LogP contribution in [0.4, 0.5) is 0 Å². The van der Waals surface area contributed by atoms with Gasteiger partial charge in [-0.15, -0.1) is 0 Å². The number of aromatic nitrogens is 1. The van der Waals surface area contributed by atoms with Gasteiger partial charge in [0.1, 0.15) is 0 Å². The van der Waals surface area contributed by atoms with Crippen LogP contribution in [-0.4, -0.2) is 4.57 Å². The second-order valence-electron chi connectivity index (χ2n) is 2.51. The summed E-state index contributed by atoms with van der Waals surface area (Å²) in [5.74, 6) is 0.383. The molecule has 0 aliphatic rings. The molecule has 9 heavy (non-hydrogen) atoms. The highest BCUT2D eigenvalue weighted by Gasteiger charge is 1.97. The zero-order chi connectivity index (χ0) is 9.35. The highest BCUT2D eigenvalue weighted by Crippen LogP contribution is 2.12. The molecule has 0 spiro atoms. The van der Waals surface area contributed by atoms with Crippen molar-refractivity contribution >= 4 is 0 Å². The van der Waals surface area contributed by atoms with Crippen LogP contribution < -0.4 is 0 Å². The van der Waals surface area contributed by atoms with E-state index in [1.165, 1.54) is 4.57 Å². The van der Waals surface area contributed by atoms with E-state index in [9.17, 15) is 0 Å². The number of nitrogens with zero attached hydrogens (tertiary/aromatic N) is 1. The summed E-state index contributed by atoms with van der Waals surface area (Å²) >= 11 is 0. The highest BCUT2D eigenvalue weighted by molar-refractivity contribution is 5.13. The molecule has 50 valence electrons. The third-order valence-electron chi connectivity index (χ3n) is 1.38. The van der Waals surface area contributed by atoms with E-state index in [2.05, 4.69) is 0 Å². The van der Waals surface area contributed by atoms with Crippen LogP contribution in [0, 0.1) is 0 Å². The minimum absolute atomic E-state index is 0.383. The van der Waals surface area contributed by atoms with Crippen LogP contribution in [0.2, 0.25) is 0 Å². The number of aryl methyl sites for hydroxylation is 1. The van der Waals surface area contributed by atoms with Crippen molar-refractivity contribution in [3.8, 4) is 0 Å². The molecule has 0 atom stereocenters. The molecule has 1 heterocycles. The molecular formula is C8H13N. The van der Waals surface area contributed by atoms with E-state index in [0.717, 1.165) is 5.56 Å². The van der Waals surface area contributed by atoms with E-state index in [0.29, 0.717) is 5.92 Å². The molecule has 0 saturated carbocycles. The zero-order valence-electron chi connectivity index (χ0n) is 8.76. The van der Waals surface area contributed by atoms with E-state index in [4.69, 9.17) is 4.11 Å². The van der Waals surface area contributed by atoms with Crippen LogP contribution in [-0.2, 0) is 6.98 Å². The lowest BCUT2D eigenvalue weighted by Crippen LogP contribution is -1.83. The Bertz CT molecular complexity index is 260. The molecule has 0 fully saturated rings. The molecule has 0 saturated heterocycles. The van der Waals surface area contributed by atoms with Gasteiger partial charge in [0.15, 0.2) is 0 Å². The minimum atomic E-state index is -2.03. The van der Waals surface area contributed by atoms with Gasteiger partial charge in [-0.1, -0.05) is 13.8 Å². The van der Waals surface area contributed by atoms with Gasteiger partial charge in [0.25, 0.3) is 0 Å². The summed E-state index contributed by atoms with van der Waals surface area (Å²) in [6, 6.07) is 1.84. The highest BCUT2D eigenvalue weighted by atomic mass is 14.9. The van der Waals surface area contributed by atoms with Crippen LogP contribution in [0.15, 0.2) is 18.5 Å².